The maximum absolute atomic E-state index is 12.5. The Morgan fingerprint density at radius 3 is 2.40 bits per heavy atom. The quantitative estimate of drug-likeness (QED) is 0.467. The number of hydrogen-bond donors (Lipinski definition) is 1. The molecule has 0 saturated heterocycles. The maximum atomic E-state index is 12.5. The molecule has 6 heteroatoms. The summed E-state index contributed by atoms with van der Waals surface area (Å²) in [6, 6.07) is 22.5. The van der Waals surface area contributed by atoms with E-state index in [1.807, 2.05) is 54.6 Å². The number of carbonyl (C=O) groups is 2. The molecule has 154 valence electrons. The molecule has 3 aromatic rings. The van der Waals surface area contributed by atoms with Gasteiger partial charge in [-0.15, -0.1) is 0 Å². The van der Waals surface area contributed by atoms with Gasteiger partial charge in [-0.25, -0.2) is 9.78 Å². The van der Waals surface area contributed by atoms with E-state index in [1.54, 1.807) is 32.2 Å². The predicted octanol–water partition coefficient (Wildman–Crippen LogP) is 4.45. The van der Waals surface area contributed by atoms with Crippen molar-refractivity contribution < 1.29 is 14.3 Å². The first kappa shape index (κ1) is 21.0. The van der Waals surface area contributed by atoms with Crippen LogP contribution in [0.15, 0.2) is 72.8 Å². The second-order valence-electron chi connectivity index (χ2n) is 6.76. The summed E-state index contributed by atoms with van der Waals surface area (Å²) in [4.78, 5) is 30.0. The molecule has 0 spiro atoms. The van der Waals surface area contributed by atoms with E-state index in [0.29, 0.717) is 24.5 Å². The lowest BCUT2D eigenvalue weighted by Crippen LogP contribution is -2.38. The molecule has 0 bridgehead atoms. The number of benzene rings is 2. The average Bonchev–Trinajstić information content (AvgIpc) is 2.79. The van der Waals surface area contributed by atoms with E-state index in [0.717, 1.165) is 17.7 Å². The molecule has 0 fully saturated rings. The maximum Gasteiger partial charge on any atom is 0.322 e. The number of hydrogen-bond acceptors (Lipinski definition) is 4. The zero-order valence-electron chi connectivity index (χ0n) is 17.2. The second-order valence-corrected chi connectivity index (χ2v) is 6.76. The van der Waals surface area contributed by atoms with Gasteiger partial charge in [-0.3, -0.25) is 9.69 Å². The standard InChI is InChI=1S/C24H25N3O3/c1-3-23(28)30-20-14-12-19(13-15-20)21-10-7-11-22(26-21)27(2)24(29)25-17-16-18-8-5-4-6-9-18/h4-15H,3,16-17H2,1-2H3,(H,25,29). The number of pyridine rings is 1. The molecular weight excluding hydrogens is 378 g/mol. The van der Waals surface area contributed by atoms with Gasteiger partial charge in [0.1, 0.15) is 11.6 Å². The van der Waals surface area contributed by atoms with Crippen molar-refractivity contribution in [3.05, 3.63) is 78.4 Å². The normalized spacial score (nSPS) is 10.3. The van der Waals surface area contributed by atoms with Crippen molar-refractivity contribution in [2.24, 2.45) is 0 Å². The molecular formula is C24H25N3O3. The third-order valence-electron chi connectivity index (χ3n) is 4.59. The third-order valence-corrected chi connectivity index (χ3v) is 4.59. The van der Waals surface area contributed by atoms with Gasteiger partial charge in [0.25, 0.3) is 0 Å². The Balaban J connectivity index is 1.62. The molecule has 1 N–H and O–H groups in total. The predicted molar refractivity (Wildman–Crippen MR) is 118 cm³/mol. The first-order valence-corrected chi connectivity index (χ1v) is 9.90. The second kappa shape index (κ2) is 10.2. The van der Waals surface area contributed by atoms with Crippen LogP contribution in [-0.2, 0) is 11.2 Å². The van der Waals surface area contributed by atoms with Gasteiger partial charge in [0, 0.05) is 25.6 Å². The Morgan fingerprint density at radius 2 is 1.70 bits per heavy atom. The molecule has 0 aliphatic rings. The molecule has 0 atom stereocenters. The zero-order chi connectivity index (χ0) is 21.3. The van der Waals surface area contributed by atoms with Crippen molar-refractivity contribution in [1.29, 1.82) is 0 Å². The van der Waals surface area contributed by atoms with Crippen LogP contribution in [0.2, 0.25) is 0 Å². The SMILES string of the molecule is CCC(=O)Oc1ccc(-c2cccc(N(C)C(=O)NCCc3ccccc3)n2)cc1. The number of urea groups is 1. The Labute approximate surface area is 176 Å². The highest BCUT2D eigenvalue weighted by atomic mass is 16.5. The number of aromatic nitrogens is 1. The number of carbonyl (C=O) groups excluding carboxylic acids is 2. The first-order chi connectivity index (χ1) is 14.6. The van der Waals surface area contributed by atoms with Crippen LogP contribution < -0.4 is 15.0 Å². The van der Waals surface area contributed by atoms with E-state index in [4.69, 9.17) is 4.74 Å². The topological polar surface area (TPSA) is 71.5 Å². The van der Waals surface area contributed by atoms with Crippen LogP contribution in [0.25, 0.3) is 11.3 Å². The van der Waals surface area contributed by atoms with Crippen molar-refractivity contribution in [1.82, 2.24) is 10.3 Å². The minimum absolute atomic E-state index is 0.211. The number of nitrogens with one attached hydrogen (secondary N) is 1. The van der Waals surface area contributed by atoms with Crippen molar-refractivity contribution in [2.75, 3.05) is 18.5 Å². The molecule has 0 aliphatic heterocycles. The van der Waals surface area contributed by atoms with Crippen molar-refractivity contribution in [3.63, 3.8) is 0 Å². The highest BCUT2D eigenvalue weighted by Gasteiger charge is 2.12. The summed E-state index contributed by atoms with van der Waals surface area (Å²) in [6.07, 6.45) is 1.09. The number of ether oxygens (including phenoxy) is 1. The van der Waals surface area contributed by atoms with Crippen LogP contribution in [-0.4, -0.2) is 30.6 Å². The van der Waals surface area contributed by atoms with Gasteiger partial charge >= 0.3 is 12.0 Å². The summed E-state index contributed by atoms with van der Waals surface area (Å²) in [6.45, 7) is 2.30. The van der Waals surface area contributed by atoms with E-state index in [2.05, 4.69) is 10.3 Å². The molecule has 1 aromatic heterocycles. The molecule has 0 unspecified atom stereocenters. The molecule has 2 aromatic carbocycles. The van der Waals surface area contributed by atoms with E-state index in [9.17, 15) is 9.59 Å². The summed E-state index contributed by atoms with van der Waals surface area (Å²) in [5.74, 6) is 0.769. The van der Waals surface area contributed by atoms with E-state index >= 15 is 0 Å². The number of anilines is 1. The van der Waals surface area contributed by atoms with Crippen LogP contribution in [0.5, 0.6) is 5.75 Å². The lowest BCUT2D eigenvalue weighted by atomic mass is 10.1. The number of amides is 2. The van der Waals surface area contributed by atoms with Crippen LogP contribution >= 0.6 is 0 Å². The third kappa shape index (κ3) is 5.67. The number of rotatable bonds is 7. The van der Waals surface area contributed by atoms with Crippen LogP contribution in [0.3, 0.4) is 0 Å². The van der Waals surface area contributed by atoms with E-state index in [-0.39, 0.29) is 12.0 Å². The summed E-state index contributed by atoms with van der Waals surface area (Å²) in [5.41, 5.74) is 2.77. The minimum atomic E-state index is -0.275. The molecule has 30 heavy (non-hydrogen) atoms. The Hall–Kier alpha value is -3.67. The molecule has 6 nitrogen and oxygen atoms in total. The highest BCUT2D eigenvalue weighted by Crippen LogP contribution is 2.23. The van der Waals surface area contributed by atoms with E-state index in [1.165, 1.54) is 10.5 Å². The van der Waals surface area contributed by atoms with Gasteiger partial charge in [0.2, 0.25) is 0 Å². The van der Waals surface area contributed by atoms with Crippen LogP contribution in [0, 0.1) is 0 Å². The first-order valence-electron chi connectivity index (χ1n) is 9.90. The van der Waals surface area contributed by atoms with Gasteiger partial charge in [0.15, 0.2) is 0 Å². The summed E-state index contributed by atoms with van der Waals surface area (Å²) < 4.78 is 5.20. The molecule has 3 rings (SSSR count). The number of nitrogens with zero attached hydrogens (tertiary/aromatic N) is 2. The van der Waals surface area contributed by atoms with Gasteiger partial charge in [-0.2, -0.15) is 0 Å². The fourth-order valence-electron chi connectivity index (χ4n) is 2.85. The summed E-state index contributed by atoms with van der Waals surface area (Å²) in [5, 5.41) is 2.92. The van der Waals surface area contributed by atoms with Crippen molar-refractivity contribution in [2.45, 2.75) is 19.8 Å². The number of esters is 1. The monoisotopic (exact) mass is 403 g/mol. The lowest BCUT2D eigenvalue weighted by Gasteiger charge is -2.18. The van der Waals surface area contributed by atoms with Crippen molar-refractivity contribution in [3.8, 4) is 17.0 Å². The fourth-order valence-corrected chi connectivity index (χ4v) is 2.85. The molecule has 0 aliphatic carbocycles. The van der Waals surface area contributed by atoms with Crippen LogP contribution in [0.4, 0.5) is 10.6 Å². The lowest BCUT2D eigenvalue weighted by molar-refractivity contribution is -0.134. The Morgan fingerprint density at radius 1 is 0.967 bits per heavy atom. The molecule has 0 radical (unpaired) electrons. The zero-order valence-corrected chi connectivity index (χ0v) is 17.2. The molecule has 2 amide bonds. The fraction of sp³-hybridized carbons (Fsp3) is 0.208. The van der Waals surface area contributed by atoms with Crippen molar-refractivity contribution >= 4 is 17.8 Å². The highest BCUT2D eigenvalue weighted by molar-refractivity contribution is 5.90. The minimum Gasteiger partial charge on any atom is -0.427 e. The Bertz CT molecular complexity index is 988. The van der Waals surface area contributed by atoms with E-state index < -0.39 is 0 Å². The molecule has 0 saturated carbocycles. The Kier molecular flexibility index (Phi) is 7.16. The van der Waals surface area contributed by atoms with Gasteiger partial charge in [-0.05, 0) is 48.4 Å². The average molecular weight is 403 g/mol. The summed E-state index contributed by atoms with van der Waals surface area (Å²) >= 11 is 0. The van der Waals surface area contributed by atoms with Gasteiger partial charge in [-0.1, -0.05) is 43.3 Å². The smallest absolute Gasteiger partial charge is 0.322 e. The van der Waals surface area contributed by atoms with Crippen LogP contribution in [0.1, 0.15) is 18.9 Å². The van der Waals surface area contributed by atoms with Gasteiger partial charge in [0.05, 0.1) is 5.69 Å². The summed E-state index contributed by atoms with van der Waals surface area (Å²) in [7, 11) is 1.69. The largest absolute Gasteiger partial charge is 0.427 e. The molecule has 1 heterocycles. The van der Waals surface area contributed by atoms with Gasteiger partial charge < -0.3 is 10.1 Å².